The summed E-state index contributed by atoms with van der Waals surface area (Å²) in [6, 6.07) is 4.12. The van der Waals surface area contributed by atoms with Crippen LogP contribution in [0.4, 0.5) is 4.39 Å². The number of carbonyl (C=O) groups is 2. The zero-order valence-electron chi connectivity index (χ0n) is 12.2. The monoisotopic (exact) mass is 339 g/mol. The smallest absolute Gasteiger partial charge is 0.305 e. The molecule has 2 rings (SSSR count). The SMILES string of the molecule is CCOc1cc(F)cc(C=NN=C2NC(=O)C(CC(=O)O)S2)c1. The van der Waals surface area contributed by atoms with Crippen molar-refractivity contribution in [2.24, 2.45) is 10.2 Å². The summed E-state index contributed by atoms with van der Waals surface area (Å²) in [6.07, 6.45) is 1.02. The highest BCUT2D eigenvalue weighted by Gasteiger charge is 2.32. The number of hydrogen-bond donors (Lipinski definition) is 2. The molecule has 0 aromatic heterocycles. The lowest BCUT2D eigenvalue weighted by Gasteiger charge is -2.03. The molecule has 0 saturated carbocycles. The van der Waals surface area contributed by atoms with E-state index in [9.17, 15) is 14.0 Å². The van der Waals surface area contributed by atoms with Gasteiger partial charge in [-0.1, -0.05) is 11.8 Å². The van der Waals surface area contributed by atoms with Gasteiger partial charge < -0.3 is 15.2 Å². The third-order valence-electron chi connectivity index (χ3n) is 2.70. The largest absolute Gasteiger partial charge is 0.494 e. The Morgan fingerprint density at radius 1 is 1.52 bits per heavy atom. The van der Waals surface area contributed by atoms with Crippen molar-refractivity contribution in [3.8, 4) is 5.75 Å². The van der Waals surface area contributed by atoms with E-state index in [-0.39, 0.29) is 11.6 Å². The van der Waals surface area contributed by atoms with E-state index >= 15 is 0 Å². The minimum atomic E-state index is -1.06. The Morgan fingerprint density at radius 3 is 3.00 bits per heavy atom. The molecule has 9 heteroatoms. The van der Waals surface area contributed by atoms with Crippen LogP contribution < -0.4 is 10.1 Å². The number of nitrogens with one attached hydrogen (secondary N) is 1. The number of halogens is 1. The number of nitrogens with zero attached hydrogens (tertiary/aromatic N) is 2. The Morgan fingerprint density at radius 2 is 2.30 bits per heavy atom. The summed E-state index contributed by atoms with van der Waals surface area (Å²) < 4.78 is 18.6. The van der Waals surface area contributed by atoms with Gasteiger partial charge in [-0.15, -0.1) is 5.10 Å². The predicted molar refractivity (Wildman–Crippen MR) is 84.4 cm³/mol. The summed E-state index contributed by atoms with van der Waals surface area (Å²) in [4.78, 5) is 22.1. The number of ether oxygens (including phenoxy) is 1. The number of hydrogen-bond acceptors (Lipinski definition) is 6. The first-order valence-electron chi connectivity index (χ1n) is 6.71. The van der Waals surface area contributed by atoms with Crippen molar-refractivity contribution in [3.05, 3.63) is 29.6 Å². The molecule has 1 atom stereocenters. The molecular weight excluding hydrogens is 325 g/mol. The van der Waals surface area contributed by atoms with Crippen molar-refractivity contribution in [3.63, 3.8) is 0 Å². The molecule has 1 heterocycles. The normalized spacial score (nSPS) is 19.3. The maximum atomic E-state index is 13.4. The molecule has 1 fully saturated rings. The molecule has 122 valence electrons. The van der Waals surface area contributed by atoms with E-state index in [2.05, 4.69) is 15.5 Å². The first-order valence-corrected chi connectivity index (χ1v) is 7.59. The number of benzene rings is 1. The Balaban J connectivity index is 2.04. The van der Waals surface area contributed by atoms with Crippen molar-refractivity contribution in [1.82, 2.24) is 5.32 Å². The molecule has 7 nitrogen and oxygen atoms in total. The van der Waals surface area contributed by atoms with E-state index in [1.807, 2.05) is 0 Å². The average molecular weight is 339 g/mol. The fourth-order valence-corrected chi connectivity index (χ4v) is 2.72. The third-order valence-corrected chi connectivity index (χ3v) is 3.77. The van der Waals surface area contributed by atoms with Gasteiger partial charge in [-0.2, -0.15) is 5.10 Å². The topological polar surface area (TPSA) is 100 Å². The van der Waals surface area contributed by atoms with Crippen LogP contribution in [-0.2, 0) is 9.59 Å². The lowest BCUT2D eigenvalue weighted by molar-refractivity contribution is -0.138. The highest BCUT2D eigenvalue weighted by atomic mass is 32.2. The quantitative estimate of drug-likeness (QED) is 0.606. The molecule has 1 aromatic rings. The van der Waals surface area contributed by atoms with Crippen molar-refractivity contribution < 1.29 is 23.8 Å². The number of carbonyl (C=O) groups excluding carboxylic acids is 1. The van der Waals surface area contributed by atoms with Crippen molar-refractivity contribution in [1.29, 1.82) is 0 Å². The average Bonchev–Trinajstić information content (AvgIpc) is 2.78. The molecule has 1 unspecified atom stereocenters. The highest BCUT2D eigenvalue weighted by Crippen LogP contribution is 2.22. The third kappa shape index (κ3) is 5.06. The van der Waals surface area contributed by atoms with Gasteiger partial charge in [0.1, 0.15) is 16.8 Å². The van der Waals surface area contributed by atoms with Crippen LogP contribution >= 0.6 is 11.8 Å². The van der Waals surface area contributed by atoms with Crippen molar-refractivity contribution >= 4 is 35.0 Å². The zero-order chi connectivity index (χ0) is 16.8. The number of thioether (sulfide) groups is 1. The van der Waals surface area contributed by atoms with Crippen LogP contribution in [0.2, 0.25) is 0 Å². The van der Waals surface area contributed by atoms with Gasteiger partial charge in [0, 0.05) is 11.6 Å². The van der Waals surface area contributed by atoms with Gasteiger partial charge in [0.2, 0.25) is 5.91 Å². The Labute approximate surface area is 135 Å². The van der Waals surface area contributed by atoms with Gasteiger partial charge in [-0.05, 0) is 19.1 Å². The van der Waals surface area contributed by atoms with Crippen LogP contribution in [0.15, 0.2) is 28.4 Å². The second-order valence-electron chi connectivity index (χ2n) is 4.50. The van der Waals surface area contributed by atoms with E-state index in [1.165, 1.54) is 18.3 Å². The molecule has 23 heavy (non-hydrogen) atoms. The van der Waals surface area contributed by atoms with Crippen LogP contribution in [0.5, 0.6) is 5.75 Å². The number of aliphatic carboxylic acids is 1. The van der Waals surface area contributed by atoms with E-state index in [1.54, 1.807) is 13.0 Å². The van der Waals surface area contributed by atoms with Gasteiger partial charge >= 0.3 is 5.97 Å². The molecule has 1 amide bonds. The van der Waals surface area contributed by atoms with Crippen LogP contribution in [-0.4, -0.2) is 40.2 Å². The highest BCUT2D eigenvalue weighted by molar-refractivity contribution is 8.15. The molecule has 2 N–H and O–H groups in total. The standard InChI is InChI=1S/C14H14FN3O4S/c1-2-22-10-4-8(3-9(15)5-10)7-16-18-14-17-13(21)11(23-14)6-12(19)20/h3-5,7,11H,2,6H2,1H3,(H,19,20)(H,17,18,21). The van der Waals surface area contributed by atoms with E-state index in [0.717, 1.165) is 11.8 Å². The van der Waals surface area contributed by atoms with Crippen LogP contribution in [0.1, 0.15) is 18.9 Å². The summed E-state index contributed by atoms with van der Waals surface area (Å²) in [5.74, 6) is -1.57. The summed E-state index contributed by atoms with van der Waals surface area (Å²) in [7, 11) is 0. The first-order chi connectivity index (χ1) is 11.0. The van der Waals surface area contributed by atoms with E-state index in [0.29, 0.717) is 17.9 Å². The Hall–Kier alpha value is -2.42. The van der Waals surface area contributed by atoms with Gasteiger partial charge in [0.25, 0.3) is 0 Å². The lowest BCUT2D eigenvalue weighted by Crippen LogP contribution is -2.26. The summed E-state index contributed by atoms with van der Waals surface area (Å²) in [6.45, 7) is 2.20. The second kappa shape index (κ2) is 7.73. The molecule has 1 saturated heterocycles. The fourth-order valence-electron chi connectivity index (χ4n) is 1.80. The fraction of sp³-hybridized carbons (Fsp3) is 0.286. The minimum Gasteiger partial charge on any atom is -0.494 e. The molecule has 1 aliphatic heterocycles. The number of amidine groups is 1. The van der Waals surface area contributed by atoms with Crippen LogP contribution in [0, 0.1) is 5.82 Å². The summed E-state index contributed by atoms with van der Waals surface area (Å²) in [5, 5.41) is 18.2. The van der Waals surface area contributed by atoms with Gasteiger partial charge in [0.15, 0.2) is 5.17 Å². The summed E-state index contributed by atoms with van der Waals surface area (Å²) >= 11 is 0.993. The van der Waals surface area contributed by atoms with E-state index in [4.69, 9.17) is 9.84 Å². The van der Waals surface area contributed by atoms with Gasteiger partial charge in [0.05, 0.1) is 19.2 Å². The first kappa shape index (κ1) is 16.9. The van der Waals surface area contributed by atoms with Crippen LogP contribution in [0.3, 0.4) is 0 Å². The van der Waals surface area contributed by atoms with Crippen molar-refractivity contribution in [2.75, 3.05) is 6.61 Å². The van der Waals surface area contributed by atoms with Crippen molar-refractivity contribution in [2.45, 2.75) is 18.6 Å². The van der Waals surface area contributed by atoms with Gasteiger partial charge in [-0.3, -0.25) is 9.59 Å². The van der Waals surface area contributed by atoms with E-state index < -0.39 is 22.9 Å². The molecular formula is C14H14FN3O4S. The second-order valence-corrected chi connectivity index (χ2v) is 5.69. The molecule has 0 bridgehead atoms. The maximum Gasteiger partial charge on any atom is 0.305 e. The molecule has 1 aromatic carbocycles. The number of carboxylic acids is 1. The van der Waals surface area contributed by atoms with Crippen LogP contribution in [0.25, 0.3) is 0 Å². The Kier molecular flexibility index (Phi) is 5.69. The molecule has 0 aliphatic carbocycles. The molecule has 0 radical (unpaired) electrons. The minimum absolute atomic E-state index is 0.207. The maximum absolute atomic E-state index is 13.4. The molecule has 1 aliphatic rings. The Bertz CT molecular complexity index is 678. The summed E-state index contributed by atoms with van der Waals surface area (Å²) in [5.41, 5.74) is 0.453. The number of carboxylic acid groups (broad SMARTS) is 1. The van der Waals surface area contributed by atoms with Gasteiger partial charge in [-0.25, -0.2) is 4.39 Å². The predicted octanol–water partition coefficient (Wildman–Crippen LogP) is 1.62. The number of rotatable bonds is 6. The number of amides is 1. The molecule has 0 spiro atoms. The lowest BCUT2D eigenvalue weighted by atomic mass is 10.2. The zero-order valence-corrected chi connectivity index (χ0v) is 13.0.